The zero-order valence-corrected chi connectivity index (χ0v) is 12.2. The second-order valence-electron chi connectivity index (χ2n) is 5.83. The van der Waals surface area contributed by atoms with Crippen LogP contribution in [-0.4, -0.2) is 42.0 Å². The van der Waals surface area contributed by atoms with E-state index in [1.54, 1.807) is 18.2 Å². The third-order valence-corrected chi connectivity index (χ3v) is 4.29. The second-order valence-corrected chi connectivity index (χ2v) is 5.83. The molecule has 1 aromatic carbocycles. The molecule has 1 fully saturated rings. The first-order valence-corrected chi connectivity index (χ1v) is 7.15. The van der Waals surface area contributed by atoms with Gasteiger partial charge in [-0.3, -0.25) is 4.79 Å². The van der Waals surface area contributed by atoms with Gasteiger partial charge < -0.3 is 9.64 Å². The summed E-state index contributed by atoms with van der Waals surface area (Å²) in [4.78, 5) is 24.1. The highest BCUT2D eigenvalue weighted by molar-refractivity contribution is 5.95. The molecule has 1 unspecified atom stereocenters. The smallest absolute Gasteiger partial charge is 0.449 e. The molecule has 0 aromatic heterocycles. The number of ether oxygens (including phenoxy) is 1. The van der Waals surface area contributed by atoms with E-state index >= 15 is 0 Å². The number of piperidine rings is 1. The average molecular weight is 349 g/mol. The maximum absolute atomic E-state index is 13.3. The van der Waals surface area contributed by atoms with Crippen LogP contribution in [0.15, 0.2) is 24.3 Å². The van der Waals surface area contributed by atoms with Crippen molar-refractivity contribution < 1.29 is 36.3 Å². The fraction of sp³-hybridized carbons (Fsp3) is 0.467. The minimum Gasteiger partial charge on any atom is -0.449 e. The topological polar surface area (TPSA) is 46.6 Å². The minimum atomic E-state index is -5.97. The molecule has 9 heteroatoms. The van der Waals surface area contributed by atoms with Crippen molar-refractivity contribution in [3.63, 3.8) is 0 Å². The monoisotopic (exact) mass is 349 g/mol. The van der Waals surface area contributed by atoms with Crippen LogP contribution in [0.1, 0.15) is 28.8 Å². The number of carbonyl (C=O) groups excluding carboxylic acids is 2. The number of hydrogen-bond acceptors (Lipinski definition) is 3. The van der Waals surface area contributed by atoms with Crippen molar-refractivity contribution in [2.75, 3.05) is 13.1 Å². The lowest BCUT2D eigenvalue weighted by atomic mass is 9.85. The molecule has 1 aromatic rings. The zero-order chi connectivity index (χ0) is 17.8. The Hall–Kier alpha value is -2.19. The number of hydrogen-bond donors (Lipinski definition) is 0. The van der Waals surface area contributed by atoms with Crippen molar-refractivity contribution in [1.82, 2.24) is 4.90 Å². The molecule has 0 N–H and O–H groups in total. The Morgan fingerprint density at radius 2 is 1.83 bits per heavy atom. The lowest BCUT2D eigenvalue weighted by molar-refractivity contribution is -0.275. The number of benzene rings is 1. The zero-order valence-electron chi connectivity index (χ0n) is 12.2. The highest BCUT2D eigenvalue weighted by atomic mass is 19.4. The van der Waals surface area contributed by atoms with E-state index in [2.05, 4.69) is 0 Å². The van der Waals surface area contributed by atoms with E-state index in [1.165, 1.54) is 6.07 Å². The molecule has 1 spiro atoms. The standard InChI is InChI=1S/C15H12F5NO3/c16-14(17,15(18,19)20)12(23)21-7-3-6-13(8-21)10-5-2-1-4-9(10)11(22)24-13/h1-2,4-5H,3,6-8H2. The number of halogens is 5. The number of fused-ring (bicyclic) bond motifs is 2. The summed E-state index contributed by atoms with van der Waals surface area (Å²) in [5.74, 6) is -8.48. The SMILES string of the molecule is O=C1OC2(CCCN(C(=O)C(F)(F)C(F)(F)F)C2)c2ccccc21. The van der Waals surface area contributed by atoms with Gasteiger partial charge in [-0.15, -0.1) is 0 Å². The number of nitrogens with zero attached hydrogens (tertiary/aromatic N) is 1. The Balaban J connectivity index is 1.92. The fourth-order valence-corrected chi connectivity index (χ4v) is 3.16. The summed E-state index contributed by atoms with van der Waals surface area (Å²) in [6, 6.07) is 6.23. The van der Waals surface area contributed by atoms with Crippen LogP contribution in [0.4, 0.5) is 22.0 Å². The highest BCUT2D eigenvalue weighted by Gasteiger charge is 2.65. The maximum atomic E-state index is 13.3. The molecular weight excluding hydrogens is 337 g/mol. The Bertz CT molecular complexity index is 703. The van der Waals surface area contributed by atoms with Crippen molar-refractivity contribution >= 4 is 11.9 Å². The van der Waals surface area contributed by atoms with Crippen molar-refractivity contribution in [1.29, 1.82) is 0 Å². The molecule has 0 radical (unpaired) electrons. The first-order valence-electron chi connectivity index (χ1n) is 7.15. The van der Waals surface area contributed by atoms with Crippen LogP contribution in [-0.2, 0) is 15.1 Å². The maximum Gasteiger partial charge on any atom is 0.463 e. The largest absolute Gasteiger partial charge is 0.463 e. The van der Waals surface area contributed by atoms with Crippen LogP contribution in [0, 0.1) is 0 Å². The van der Waals surface area contributed by atoms with E-state index in [0.29, 0.717) is 10.5 Å². The lowest BCUT2D eigenvalue weighted by Crippen LogP contribution is -2.57. The molecular formula is C15H12F5NO3. The van der Waals surface area contributed by atoms with E-state index in [4.69, 9.17) is 4.74 Å². The molecule has 1 atom stereocenters. The lowest BCUT2D eigenvalue weighted by Gasteiger charge is -2.40. The number of rotatable bonds is 1. The van der Waals surface area contributed by atoms with E-state index in [0.717, 1.165) is 0 Å². The van der Waals surface area contributed by atoms with E-state index in [-0.39, 0.29) is 24.9 Å². The van der Waals surface area contributed by atoms with Crippen molar-refractivity contribution in [3.8, 4) is 0 Å². The predicted molar refractivity (Wildman–Crippen MR) is 70.4 cm³/mol. The molecule has 2 aliphatic heterocycles. The van der Waals surface area contributed by atoms with Crippen molar-refractivity contribution in [2.45, 2.75) is 30.5 Å². The van der Waals surface area contributed by atoms with Gasteiger partial charge >= 0.3 is 24.0 Å². The number of amides is 1. The predicted octanol–water partition coefficient (Wildman–Crippen LogP) is 2.87. The van der Waals surface area contributed by atoms with Gasteiger partial charge in [0.05, 0.1) is 12.1 Å². The van der Waals surface area contributed by atoms with Gasteiger partial charge in [0, 0.05) is 12.1 Å². The Labute approximate surface area is 133 Å². The molecule has 24 heavy (non-hydrogen) atoms. The Morgan fingerprint density at radius 3 is 2.50 bits per heavy atom. The van der Waals surface area contributed by atoms with Gasteiger partial charge in [-0.25, -0.2) is 4.79 Å². The summed E-state index contributed by atoms with van der Waals surface area (Å²) in [5, 5.41) is 0. The van der Waals surface area contributed by atoms with Crippen molar-refractivity contribution in [2.24, 2.45) is 0 Å². The average Bonchev–Trinajstić information content (AvgIpc) is 2.78. The summed E-state index contributed by atoms with van der Waals surface area (Å²) in [7, 11) is 0. The summed E-state index contributed by atoms with van der Waals surface area (Å²) in [5.41, 5.74) is -0.735. The molecule has 1 saturated heterocycles. The quantitative estimate of drug-likeness (QED) is 0.579. The highest BCUT2D eigenvalue weighted by Crippen LogP contribution is 2.44. The van der Waals surface area contributed by atoms with Gasteiger partial charge in [0.2, 0.25) is 0 Å². The van der Waals surface area contributed by atoms with Gasteiger partial charge in [-0.1, -0.05) is 18.2 Å². The van der Waals surface area contributed by atoms with E-state index in [1.807, 2.05) is 0 Å². The van der Waals surface area contributed by atoms with Crippen LogP contribution in [0.3, 0.4) is 0 Å². The number of carbonyl (C=O) groups is 2. The van der Waals surface area contributed by atoms with Crippen molar-refractivity contribution in [3.05, 3.63) is 35.4 Å². The number of esters is 1. The molecule has 130 valence electrons. The van der Waals surface area contributed by atoms with Gasteiger partial charge in [-0.2, -0.15) is 22.0 Å². The van der Waals surface area contributed by atoms with Gasteiger partial charge in [0.1, 0.15) is 0 Å². The second kappa shape index (κ2) is 5.15. The Morgan fingerprint density at radius 1 is 1.17 bits per heavy atom. The number of alkyl halides is 5. The normalized spacial score (nSPS) is 24.0. The molecule has 4 nitrogen and oxygen atoms in total. The summed E-state index contributed by atoms with van der Waals surface area (Å²) >= 11 is 0. The van der Waals surface area contributed by atoms with Gasteiger partial charge in [0.15, 0.2) is 5.60 Å². The molecule has 2 heterocycles. The van der Waals surface area contributed by atoms with E-state index < -0.39 is 36.1 Å². The number of likely N-dealkylation sites (tertiary alicyclic amines) is 1. The Kier molecular flexibility index (Phi) is 3.58. The third kappa shape index (κ3) is 2.33. The van der Waals surface area contributed by atoms with Crippen LogP contribution < -0.4 is 0 Å². The van der Waals surface area contributed by atoms with Gasteiger partial charge in [0.25, 0.3) is 0 Å². The fourth-order valence-electron chi connectivity index (χ4n) is 3.16. The third-order valence-electron chi connectivity index (χ3n) is 4.29. The first kappa shape index (κ1) is 16.7. The molecule has 0 aliphatic carbocycles. The minimum absolute atomic E-state index is 0.140. The van der Waals surface area contributed by atoms with Crippen LogP contribution in [0.2, 0.25) is 0 Å². The van der Waals surface area contributed by atoms with Crippen LogP contribution in [0.25, 0.3) is 0 Å². The first-order chi connectivity index (χ1) is 11.1. The molecule has 0 saturated carbocycles. The molecule has 2 aliphatic rings. The van der Waals surface area contributed by atoms with Gasteiger partial charge in [-0.05, 0) is 18.9 Å². The summed E-state index contributed by atoms with van der Waals surface area (Å²) in [6.45, 7) is -0.785. The molecule has 1 amide bonds. The van der Waals surface area contributed by atoms with Crippen LogP contribution in [0.5, 0.6) is 0 Å². The summed E-state index contributed by atoms with van der Waals surface area (Å²) < 4.78 is 69.2. The molecule has 0 bridgehead atoms. The molecule has 3 rings (SSSR count). The van der Waals surface area contributed by atoms with Crippen LogP contribution >= 0.6 is 0 Å². The summed E-state index contributed by atoms with van der Waals surface area (Å²) in [6.07, 6.45) is -5.59. The van der Waals surface area contributed by atoms with E-state index in [9.17, 15) is 31.5 Å².